The van der Waals surface area contributed by atoms with Crippen LogP contribution in [0.25, 0.3) is 16.7 Å². The number of H-pyrrole nitrogens is 2. The van der Waals surface area contributed by atoms with Crippen LogP contribution in [-0.4, -0.2) is 30.6 Å². The molecule has 0 fully saturated rings. The van der Waals surface area contributed by atoms with E-state index in [1.54, 1.807) is 53.5 Å². The van der Waals surface area contributed by atoms with Gasteiger partial charge in [0, 0.05) is 11.3 Å². The van der Waals surface area contributed by atoms with Gasteiger partial charge >= 0.3 is 5.69 Å². The van der Waals surface area contributed by atoms with Gasteiger partial charge in [0.1, 0.15) is 12.7 Å². The third kappa shape index (κ3) is 2.56. The molecule has 0 saturated carbocycles. The van der Waals surface area contributed by atoms with E-state index in [0.717, 1.165) is 5.69 Å². The van der Waals surface area contributed by atoms with Crippen molar-refractivity contribution in [2.24, 2.45) is 0 Å². The van der Waals surface area contributed by atoms with Crippen molar-refractivity contribution in [3.8, 4) is 5.69 Å². The van der Waals surface area contributed by atoms with Gasteiger partial charge in [0.15, 0.2) is 0 Å². The minimum atomic E-state index is -0.280. The second-order valence-corrected chi connectivity index (χ2v) is 5.18. The number of fused-ring (bicyclic) bond motifs is 1. The highest BCUT2D eigenvalue weighted by Gasteiger charge is 2.08. The molecule has 3 N–H and O–H groups in total. The standard InChI is InChI=1S/C16H12N6O2/c23-15(10-1-4-12(5-2-10)22-9-17-8-18-22)19-11-3-6-13-14(7-11)21-16(24)20-13/h1-9H,(H,19,23)(H2,20,21,24). The molecule has 1 amide bonds. The van der Waals surface area contributed by atoms with E-state index in [4.69, 9.17) is 0 Å². The topological polar surface area (TPSA) is 108 Å². The Morgan fingerprint density at radius 2 is 1.83 bits per heavy atom. The molecule has 2 aromatic carbocycles. The third-order valence-corrected chi connectivity index (χ3v) is 3.59. The highest BCUT2D eigenvalue weighted by Crippen LogP contribution is 2.16. The number of carbonyl (C=O) groups excluding carboxylic acids is 1. The number of anilines is 1. The van der Waals surface area contributed by atoms with Crippen molar-refractivity contribution in [2.45, 2.75) is 0 Å². The summed E-state index contributed by atoms with van der Waals surface area (Å²) in [7, 11) is 0. The lowest BCUT2D eigenvalue weighted by molar-refractivity contribution is 0.102. The molecule has 0 aliphatic heterocycles. The number of nitrogens with zero attached hydrogens (tertiary/aromatic N) is 3. The van der Waals surface area contributed by atoms with Gasteiger partial charge in [-0.15, -0.1) is 0 Å². The molecule has 8 heteroatoms. The predicted molar refractivity (Wildman–Crippen MR) is 88.2 cm³/mol. The summed E-state index contributed by atoms with van der Waals surface area (Å²) >= 11 is 0. The van der Waals surface area contributed by atoms with Crippen LogP contribution in [0.5, 0.6) is 0 Å². The van der Waals surface area contributed by atoms with Gasteiger partial charge in [-0.25, -0.2) is 14.5 Å². The van der Waals surface area contributed by atoms with Crippen LogP contribution in [-0.2, 0) is 0 Å². The normalized spacial score (nSPS) is 10.8. The van der Waals surface area contributed by atoms with E-state index in [-0.39, 0.29) is 11.6 Å². The Kier molecular flexibility index (Phi) is 3.20. The average Bonchev–Trinajstić information content (AvgIpc) is 3.23. The Labute approximate surface area is 135 Å². The third-order valence-electron chi connectivity index (χ3n) is 3.59. The van der Waals surface area contributed by atoms with Gasteiger partial charge in [-0.05, 0) is 42.5 Å². The summed E-state index contributed by atoms with van der Waals surface area (Å²) in [6, 6.07) is 12.2. The van der Waals surface area contributed by atoms with Crippen molar-refractivity contribution in [2.75, 3.05) is 5.32 Å². The lowest BCUT2D eigenvalue weighted by atomic mass is 10.2. The van der Waals surface area contributed by atoms with Gasteiger partial charge in [0.2, 0.25) is 0 Å². The maximum atomic E-state index is 12.3. The van der Waals surface area contributed by atoms with Gasteiger partial charge < -0.3 is 15.3 Å². The summed E-state index contributed by atoms with van der Waals surface area (Å²) in [5, 5.41) is 6.84. The van der Waals surface area contributed by atoms with Crippen molar-refractivity contribution >= 4 is 22.6 Å². The number of aromatic amines is 2. The maximum absolute atomic E-state index is 12.3. The molecule has 8 nitrogen and oxygen atoms in total. The number of benzene rings is 2. The average molecular weight is 320 g/mol. The summed E-state index contributed by atoms with van der Waals surface area (Å²) in [4.78, 5) is 32.8. The van der Waals surface area contributed by atoms with Crippen LogP contribution >= 0.6 is 0 Å². The van der Waals surface area contributed by atoms with E-state index in [1.807, 2.05) is 0 Å². The highest BCUT2D eigenvalue weighted by molar-refractivity contribution is 6.05. The molecule has 118 valence electrons. The molecule has 0 aliphatic rings. The molecule has 0 radical (unpaired) electrons. The first-order valence-electron chi connectivity index (χ1n) is 7.17. The van der Waals surface area contributed by atoms with Crippen LogP contribution in [0.1, 0.15) is 10.4 Å². The summed E-state index contributed by atoms with van der Waals surface area (Å²) in [6.07, 6.45) is 3.03. The predicted octanol–water partition coefficient (Wildman–Crippen LogP) is 1.69. The number of amides is 1. The number of imidazole rings is 1. The largest absolute Gasteiger partial charge is 0.323 e. The zero-order chi connectivity index (χ0) is 16.5. The summed E-state index contributed by atoms with van der Waals surface area (Å²) < 4.78 is 1.61. The van der Waals surface area contributed by atoms with Crippen molar-refractivity contribution < 1.29 is 4.79 Å². The minimum Gasteiger partial charge on any atom is -0.322 e. The number of aromatic nitrogens is 5. The van der Waals surface area contributed by atoms with Gasteiger partial charge in [-0.2, -0.15) is 5.10 Å². The molecule has 4 rings (SSSR count). The van der Waals surface area contributed by atoms with E-state index < -0.39 is 0 Å². The Morgan fingerprint density at radius 1 is 1.04 bits per heavy atom. The van der Waals surface area contributed by atoms with Crippen LogP contribution in [0, 0.1) is 0 Å². The lowest BCUT2D eigenvalue weighted by Gasteiger charge is -2.06. The fourth-order valence-corrected chi connectivity index (χ4v) is 2.42. The second kappa shape index (κ2) is 5.51. The van der Waals surface area contributed by atoms with Crippen molar-refractivity contribution in [1.29, 1.82) is 0 Å². The maximum Gasteiger partial charge on any atom is 0.323 e. The van der Waals surface area contributed by atoms with Crippen LogP contribution in [0.4, 0.5) is 5.69 Å². The Balaban J connectivity index is 1.55. The van der Waals surface area contributed by atoms with E-state index in [2.05, 4.69) is 25.4 Å². The molecule has 24 heavy (non-hydrogen) atoms. The molecular weight excluding hydrogens is 308 g/mol. The van der Waals surface area contributed by atoms with Gasteiger partial charge in [0.25, 0.3) is 5.91 Å². The molecular formula is C16H12N6O2. The minimum absolute atomic E-state index is 0.239. The molecule has 4 aromatic rings. The molecule has 0 atom stereocenters. The lowest BCUT2D eigenvalue weighted by Crippen LogP contribution is -2.11. The summed E-state index contributed by atoms with van der Waals surface area (Å²) in [5.74, 6) is -0.239. The first kappa shape index (κ1) is 13.9. The number of carbonyl (C=O) groups is 1. The molecule has 0 saturated heterocycles. The first-order valence-corrected chi connectivity index (χ1v) is 7.17. The first-order chi connectivity index (χ1) is 11.7. The number of nitrogens with one attached hydrogen (secondary N) is 3. The van der Waals surface area contributed by atoms with Crippen molar-refractivity contribution in [3.63, 3.8) is 0 Å². The molecule has 2 heterocycles. The molecule has 0 unspecified atom stereocenters. The smallest absolute Gasteiger partial charge is 0.322 e. The molecule has 0 bridgehead atoms. The van der Waals surface area contributed by atoms with Crippen LogP contribution in [0.15, 0.2) is 59.9 Å². The number of hydrogen-bond acceptors (Lipinski definition) is 4. The van der Waals surface area contributed by atoms with Crippen LogP contribution in [0.2, 0.25) is 0 Å². The SMILES string of the molecule is O=C(Nc1ccc2[nH]c(=O)[nH]c2c1)c1ccc(-n2cncn2)cc1. The summed E-state index contributed by atoms with van der Waals surface area (Å²) in [6.45, 7) is 0. The van der Waals surface area contributed by atoms with Crippen LogP contribution < -0.4 is 11.0 Å². The second-order valence-electron chi connectivity index (χ2n) is 5.18. The molecule has 0 spiro atoms. The summed E-state index contributed by atoms with van der Waals surface area (Å²) in [5.41, 5.74) is 2.98. The Hall–Kier alpha value is -3.68. The Bertz CT molecular complexity index is 1060. The fraction of sp³-hybridized carbons (Fsp3) is 0. The van der Waals surface area contributed by atoms with E-state index >= 15 is 0 Å². The fourth-order valence-electron chi connectivity index (χ4n) is 2.42. The number of rotatable bonds is 3. The zero-order valence-corrected chi connectivity index (χ0v) is 12.4. The van der Waals surface area contributed by atoms with Crippen molar-refractivity contribution in [1.82, 2.24) is 24.7 Å². The molecule has 2 aromatic heterocycles. The molecule has 0 aliphatic carbocycles. The van der Waals surface area contributed by atoms with E-state index in [9.17, 15) is 9.59 Å². The van der Waals surface area contributed by atoms with Gasteiger partial charge in [-0.1, -0.05) is 0 Å². The van der Waals surface area contributed by atoms with Crippen molar-refractivity contribution in [3.05, 3.63) is 71.2 Å². The highest BCUT2D eigenvalue weighted by atomic mass is 16.2. The van der Waals surface area contributed by atoms with E-state index in [1.165, 1.54) is 6.33 Å². The number of hydrogen-bond donors (Lipinski definition) is 3. The zero-order valence-electron chi connectivity index (χ0n) is 12.4. The van der Waals surface area contributed by atoms with Gasteiger partial charge in [0.05, 0.1) is 16.7 Å². The van der Waals surface area contributed by atoms with Gasteiger partial charge in [-0.3, -0.25) is 4.79 Å². The van der Waals surface area contributed by atoms with Crippen LogP contribution in [0.3, 0.4) is 0 Å². The monoisotopic (exact) mass is 320 g/mol. The van der Waals surface area contributed by atoms with E-state index in [0.29, 0.717) is 22.3 Å². The Morgan fingerprint density at radius 3 is 2.58 bits per heavy atom. The quantitative estimate of drug-likeness (QED) is 0.533.